The second kappa shape index (κ2) is 6.59. The monoisotopic (exact) mass is 411 g/mol. The number of carboxylic acid groups (broad SMARTS) is 1. The summed E-state index contributed by atoms with van der Waals surface area (Å²) in [6, 6.07) is 13.3. The Morgan fingerprint density at radius 2 is 1.45 bits per heavy atom. The molecule has 2 N–H and O–H groups in total. The molecule has 2 aromatic carbocycles. The average molecular weight is 412 g/mol. The van der Waals surface area contributed by atoms with E-state index in [2.05, 4.69) is 4.72 Å². The first-order valence-electron chi connectivity index (χ1n) is 10.3. The maximum absolute atomic E-state index is 12.8. The standard InChI is InChI=1S/C23H25NO4S/c25-22(26)20-3-1-2-4-21(20)24-29(27,28)19-7-5-18(6-8-19)23-12-15-9-16(13-23)11-17(10-15)14-23/h1-8,15-17,24H,9-14H2,(H,25,26). The van der Waals surface area contributed by atoms with Crippen molar-refractivity contribution in [3.63, 3.8) is 0 Å². The van der Waals surface area contributed by atoms with E-state index in [0.29, 0.717) is 0 Å². The van der Waals surface area contributed by atoms with Crippen LogP contribution in [0.5, 0.6) is 0 Å². The molecule has 4 aliphatic carbocycles. The van der Waals surface area contributed by atoms with Crippen molar-refractivity contribution in [2.45, 2.75) is 48.8 Å². The van der Waals surface area contributed by atoms with Gasteiger partial charge in [0.2, 0.25) is 0 Å². The SMILES string of the molecule is O=C(O)c1ccccc1NS(=O)(=O)c1ccc(C23CC4CC(CC(C4)C2)C3)cc1. The van der Waals surface area contributed by atoms with Crippen LogP contribution in [-0.2, 0) is 15.4 Å². The Hall–Kier alpha value is -2.34. The molecule has 0 aromatic heterocycles. The number of nitrogens with one attached hydrogen (secondary N) is 1. The van der Waals surface area contributed by atoms with Gasteiger partial charge in [-0.05, 0) is 91.5 Å². The van der Waals surface area contributed by atoms with E-state index in [1.54, 1.807) is 24.3 Å². The molecule has 0 spiro atoms. The maximum atomic E-state index is 12.8. The molecule has 4 bridgehead atoms. The largest absolute Gasteiger partial charge is 0.478 e. The molecule has 2 aromatic rings. The molecule has 6 rings (SSSR count). The van der Waals surface area contributed by atoms with Crippen molar-refractivity contribution < 1.29 is 18.3 Å². The lowest BCUT2D eigenvalue weighted by atomic mass is 9.48. The van der Waals surface area contributed by atoms with Gasteiger partial charge in [-0.1, -0.05) is 24.3 Å². The van der Waals surface area contributed by atoms with Crippen LogP contribution < -0.4 is 4.72 Å². The number of benzene rings is 2. The number of anilines is 1. The van der Waals surface area contributed by atoms with Crippen molar-refractivity contribution in [2.24, 2.45) is 17.8 Å². The molecular formula is C23H25NO4S. The van der Waals surface area contributed by atoms with Crippen LogP contribution >= 0.6 is 0 Å². The van der Waals surface area contributed by atoms with Crippen LogP contribution in [0.3, 0.4) is 0 Å². The Kier molecular flexibility index (Phi) is 4.24. The summed E-state index contributed by atoms with van der Waals surface area (Å²) in [6.07, 6.45) is 7.82. The van der Waals surface area contributed by atoms with Gasteiger partial charge < -0.3 is 5.11 Å². The van der Waals surface area contributed by atoms with E-state index in [4.69, 9.17) is 0 Å². The van der Waals surface area contributed by atoms with Crippen molar-refractivity contribution in [1.82, 2.24) is 0 Å². The van der Waals surface area contributed by atoms with E-state index in [0.717, 1.165) is 17.8 Å². The number of hydrogen-bond acceptors (Lipinski definition) is 3. The minimum Gasteiger partial charge on any atom is -0.478 e. The molecule has 4 aliphatic rings. The predicted molar refractivity (Wildman–Crippen MR) is 111 cm³/mol. The first kappa shape index (κ1) is 18.7. The van der Waals surface area contributed by atoms with E-state index in [1.165, 1.54) is 56.2 Å². The average Bonchev–Trinajstić information content (AvgIpc) is 2.67. The first-order chi connectivity index (χ1) is 13.8. The van der Waals surface area contributed by atoms with Gasteiger partial charge in [0.25, 0.3) is 10.0 Å². The molecule has 5 nitrogen and oxygen atoms in total. The molecule has 0 amide bonds. The van der Waals surface area contributed by atoms with Crippen molar-refractivity contribution in [3.05, 3.63) is 59.7 Å². The third-order valence-corrected chi connectivity index (χ3v) is 8.60. The van der Waals surface area contributed by atoms with Gasteiger partial charge in [-0.2, -0.15) is 0 Å². The molecule has 4 saturated carbocycles. The highest BCUT2D eigenvalue weighted by atomic mass is 32.2. The number of carbonyl (C=O) groups is 1. The normalized spacial score (nSPS) is 30.3. The fraction of sp³-hybridized carbons (Fsp3) is 0.435. The number of rotatable bonds is 5. The lowest BCUT2D eigenvalue weighted by Gasteiger charge is -2.57. The Labute approximate surface area is 171 Å². The topological polar surface area (TPSA) is 83.5 Å². The quantitative estimate of drug-likeness (QED) is 0.750. The van der Waals surface area contributed by atoms with Crippen molar-refractivity contribution in [3.8, 4) is 0 Å². The summed E-state index contributed by atoms with van der Waals surface area (Å²) < 4.78 is 28.1. The Bertz CT molecular complexity index is 1020. The third-order valence-electron chi connectivity index (χ3n) is 7.22. The van der Waals surface area contributed by atoms with Crippen LogP contribution in [0.2, 0.25) is 0 Å². The second-order valence-corrected chi connectivity index (χ2v) is 10.9. The molecule has 0 aliphatic heterocycles. The molecule has 0 atom stereocenters. The number of carboxylic acids is 1. The Morgan fingerprint density at radius 3 is 2.00 bits per heavy atom. The lowest BCUT2D eigenvalue weighted by molar-refractivity contribution is -0.00521. The van der Waals surface area contributed by atoms with Gasteiger partial charge in [-0.3, -0.25) is 4.72 Å². The molecule has 0 saturated heterocycles. The van der Waals surface area contributed by atoms with Crippen LogP contribution in [-0.4, -0.2) is 19.5 Å². The minimum atomic E-state index is -3.86. The predicted octanol–water partition coefficient (Wildman–Crippen LogP) is 4.65. The van der Waals surface area contributed by atoms with Gasteiger partial charge in [0, 0.05) is 0 Å². The Balaban J connectivity index is 1.41. The minimum absolute atomic E-state index is 0.0683. The number of aromatic carboxylic acids is 1. The molecule has 0 heterocycles. The van der Waals surface area contributed by atoms with E-state index in [9.17, 15) is 18.3 Å². The highest BCUT2D eigenvalue weighted by Gasteiger charge is 2.51. The van der Waals surface area contributed by atoms with Crippen LogP contribution in [0.4, 0.5) is 5.69 Å². The maximum Gasteiger partial charge on any atom is 0.337 e. The van der Waals surface area contributed by atoms with Gasteiger partial charge in [-0.15, -0.1) is 0 Å². The first-order valence-corrected chi connectivity index (χ1v) is 11.8. The van der Waals surface area contributed by atoms with Crippen molar-refractivity contribution >= 4 is 21.7 Å². The molecule has 0 unspecified atom stereocenters. The zero-order valence-electron chi connectivity index (χ0n) is 16.2. The molecular weight excluding hydrogens is 386 g/mol. The van der Waals surface area contributed by atoms with Gasteiger partial charge >= 0.3 is 5.97 Å². The molecule has 4 fully saturated rings. The lowest BCUT2D eigenvalue weighted by Crippen LogP contribution is -2.48. The third kappa shape index (κ3) is 3.23. The fourth-order valence-corrected chi connectivity index (χ4v) is 7.49. The molecule has 6 heteroatoms. The summed E-state index contributed by atoms with van der Waals surface area (Å²) >= 11 is 0. The summed E-state index contributed by atoms with van der Waals surface area (Å²) in [7, 11) is -3.86. The molecule has 0 radical (unpaired) electrons. The van der Waals surface area contributed by atoms with Gasteiger partial charge in [0.15, 0.2) is 0 Å². The Morgan fingerprint density at radius 1 is 0.897 bits per heavy atom. The zero-order chi connectivity index (χ0) is 20.2. The molecule has 29 heavy (non-hydrogen) atoms. The summed E-state index contributed by atoms with van der Waals surface area (Å²) in [4.78, 5) is 11.5. The zero-order valence-corrected chi connectivity index (χ0v) is 17.0. The highest BCUT2D eigenvalue weighted by molar-refractivity contribution is 7.92. The van der Waals surface area contributed by atoms with Crippen LogP contribution in [0, 0.1) is 17.8 Å². The summed E-state index contributed by atoms with van der Waals surface area (Å²) in [6.45, 7) is 0. The number of para-hydroxylation sites is 1. The van der Waals surface area contributed by atoms with Crippen LogP contribution in [0.25, 0.3) is 0 Å². The van der Waals surface area contributed by atoms with E-state index in [-0.39, 0.29) is 21.6 Å². The van der Waals surface area contributed by atoms with Crippen molar-refractivity contribution in [1.29, 1.82) is 0 Å². The number of hydrogen-bond donors (Lipinski definition) is 2. The second-order valence-electron chi connectivity index (χ2n) is 9.18. The van der Waals surface area contributed by atoms with Crippen LogP contribution in [0.1, 0.15) is 54.4 Å². The summed E-state index contributed by atoms with van der Waals surface area (Å²) in [5.41, 5.74) is 1.49. The number of sulfonamides is 1. The molecule has 152 valence electrons. The smallest absolute Gasteiger partial charge is 0.337 e. The van der Waals surface area contributed by atoms with E-state index in [1.807, 2.05) is 12.1 Å². The summed E-state index contributed by atoms with van der Waals surface area (Å²) in [5.74, 6) is 1.33. The van der Waals surface area contributed by atoms with E-state index >= 15 is 0 Å². The van der Waals surface area contributed by atoms with E-state index < -0.39 is 16.0 Å². The van der Waals surface area contributed by atoms with Gasteiger partial charge in [-0.25, -0.2) is 13.2 Å². The fourth-order valence-electron chi connectivity index (χ4n) is 6.41. The van der Waals surface area contributed by atoms with Crippen LogP contribution in [0.15, 0.2) is 53.4 Å². The van der Waals surface area contributed by atoms with Gasteiger partial charge in [0.1, 0.15) is 0 Å². The summed E-state index contributed by atoms with van der Waals surface area (Å²) in [5, 5.41) is 9.29. The van der Waals surface area contributed by atoms with Gasteiger partial charge in [0.05, 0.1) is 16.1 Å². The van der Waals surface area contributed by atoms with Crippen molar-refractivity contribution in [2.75, 3.05) is 4.72 Å². The highest BCUT2D eigenvalue weighted by Crippen LogP contribution is 2.60.